The molecule has 148 valence electrons. The maximum atomic E-state index is 12.2. The molecule has 2 aromatic carbocycles. The van der Waals surface area contributed by atoms with E-state index in [1.54, 1.807) is 50.6 Å². The van der Waals surface area contributed by atoms with Gasteiger partial charge in [0.25, 0.3) is 0 Å². The minimum Gasteiger partial charge on any atom is -0.497 e. The smallest absolute Gasteiger partial charge is 0.331 e. The molecule has 0 aliphatic carbocycles. The lowest BCUT2D eigenvalue weighted by atomic mass is 9.97. The van der Waals surface area contributed by atoms with Crippen molar-refractivity contribution in [2.45, 2.75) is 26.2 Å². The lowest BCUT2D eigenvalue weighted by molar-refractivity contribution is -0.136. The molecule has 5 nitrogen and oxygen atoms in total. The van der Waals surface area contributed by atoms with Gasteiger partial charge in [0.1, 0.15) is 11.5 Å². The van der Waals surface area contributed by atoms with Crippen molar-refractivity contribution in [1.82, 2.24) is 0 Å². The van der Waals surface area contributed by atoms with Crippen molar-refractivity contribution in [2.24, 2.45) is 0 Å². The zero-order valence-electron chi connectivity index (χ0n) is 16.7. The first kappa shape index (κ1) is 21.2. The molecule has 1 atom stereocenters. The number of rotatable bonds is 9. The molecule has 0 N–H and O–H groups in total. The summed E-state index contributed by atoms with van der Waals surface area (Å²) in [6.45, 7) is 3.96. The Morgan fingerprint density at radius 2 is 1.75 bits per heavy atom. The van der Waals surface area contributed by atoms with Gasteiger partial charge >= 0.3 is 5.97 Å². The summed E-state index contributed by atoms with van der Waals surface area (Å²) in [5, 5.41) is 0. The molecular weight excluding hydrogens is 356 g/mol. The highest BCUT2D eigenvalue weighted by atomic mass is 16.5. The number of benzene rings is 2. The predicted octanol–water partition coefficient (Wildman–Crippen LogP) is 4.66. The van der Waals surface area contributed by atoms with Gasteiger partial charge in [-0.15, -0.1) is 0 Å². The number of hydrogen-bond donors (Lipinski definition) is 0. The Hall–Kier alpha value is -3.08. The fraction of sp³-hybridized carbons (Fsp3) is 0.304. The van der Waals surface area contributed by atoms with E-state index in [-0.39, 0.29) is 12.4 Å². The monoisotopic (exact) mass is 382 g/mol. The molecule has 0 saturated carbocycles. The van der Waals surface area contributed by atoms with Crippen molar-refractivity contribution < 1.29 is 23.8 Å². The number of carbonyl (C=O) groups is 2. The third-order valence-electron chi connectivity index (χ3n) is 4.60. The standard InChI is InChI=1S/C23H26O5/c1-5-16(2)17-6-8-18(9-7-17)21(24)15-28-23(25)13-10-19-14-20(26-3)11-12-22(19)27-4/h6-14,16H,5,15H2,1-4H3/b13-10+/t16-/m1/s1. The lowest BCUT2D eigenvalue weighted by Crippen LogP contribution is -2.12. The van der Waals surface area contributed by atoms with Crippen molar-refractivity contribution in [3.8, 4) is 11.5 Å². The SMILES string of the molecule is CC[C@@H](C)c1ccc(C(=O)COC(=O)/C=C/c2cc(OC)ccc2OC)cc1. The van der Waals surface area contributed by atoms with E-state index in [0.717, 1.165) is 6.42 Å². The van der Waals surface area contributed by atoms with Crippen LogP contribution in [0, 0.1) is 0 Å². The average molecular weight is 382 g/mol. The average Bonchev–Trinajstić information content (AvgIpc) is 2.75. The van der Waals surface area contributed by atoms with Crippen LogP contribution < -0.4 is 9.47 Å². The van der Waals surface area contributed by atoms with Gasteiger partial charge < -0.3 is 14.2 Å². The zero-order valence-corrected chi connectivity index (χ0v) is 16.7. The van der Waals surface area contributed by atoms with Crippen molar-refractivity contribution in [1.29, 1.82) is 0 Å². The summed E-state index contributed by atoms with van der Waals surface area (Å²) < 4.78 is 15.5. The molecule has 0 aliphatic heterocycles. The molecule has 2 aromatic rings. The molecular formula is C23H26O5. The quantitative estimate of drug-likeness (QED) is 0.359. The number of ether oxygens (including phenoxy) is 3. The first-order valence-electron chi connectivity index (χ1n) is 9.18. The summed E-state index contributed by atoms with van der Waals surface area (Å²) in [6.07, 6.45) is 3.86. The van der Waals surface area contributed by atoms with Crippen molar-refractivity contribution >= 4 is 17.8 Å². The fourth-order valence-electron chi connectivity index (χ4n) is 2.63. The number of ketones is 1. The van der Waals surface area contributed by atoms with Crippen LogP contribution in [0.25, 0.3) is 6.08 Å². The molecule has 0 bridgehead atoms. The molecule has 0 radical (unpaired) electrons. The summed E-state index contributed by atoms with van der Waals surface area (Å²) in [7, 11) is 3.10. The Kier molecular flexibility index (Phi) is 7.81. The molecule has 0 unspecified atom stereocenters. The maximum Gasteiger partial charge on any atom is 0.331 e. The molecule has 5 heteroatoms. The first-order valence-corrected chi connectivity index (χ1v) is 9.18. The van der Waals surface area contributed by atoms with E-state index in [4.69, 9.17) is 14.2 Å². The highest BCUT2D eigenvalue weighted by Gasteiger charge is 2.10. The van der Waals surface area contributed by atoms with E-state index in [0.29, 0.717) is 28.5 Å². The molecule has 0 aliphatic rings. The van der Waals surface area contributed by atoms with Gasteiger partial charge in [-0.25, -0.2) is 4.79 Å². The summed E-state index contributed by atoms with van der Waals surface area (Å²) in [5.41, 5.74) is 2.38. The maximum absolute atomic E-state index is 12.2. The highest BCUT2D eigenvalue weighted by Crippen LogP contribution is 2.25. The second-order valence-electron chi connectivity index (χ2n) is 6.40. The van der Waals surface area contributed by atoms with Crippen LogP contribution in [-0.4, -0.2) is 32.6 Å². The van der Waals surface area contributed by atoms with Crippen LogP contribution in [0.1, 0.15) is 47.7 Å². The Balaban J connectivity index is 1.95. The number of Topliss-reactive ketones (excluding diaryl/α,β-unsaturated/α-hetero) is 1. The summed E-state index contributed by atoms with van der Waals surface area (Å²) in [6, 6.07) is 12.7. The second kappa shape index (κ2) is 10.3. The number of carbonyl (C=O) groups excluding carboxylic acids is 2. The Labute approximate surface area is 165 Å². The molecule has 0 amide bonds. The molecule has 0 fully saturated rings. The minimum atomic E-state index is -0.602. The van der Waals surface area contributed by atoms with Crippen LogP contribution >= 0.6 is 0 Å². The number of hydrogen-bond acceptors (Lipinski definition) is 5. The third-order valence-corrected chi connectivity index (χ3v) is 4.60. The minimum absolute atomic E-state index is 0.239. The summed E-state index contributed by atoms with van der Waals surface area (Å²) in [5.74, 6) is 0.846. The topological polar surface area (TPSA) is 61.8 Å². The summed E-state index contributed by atoms with van der Waals surface area (Å²) in [4.78, 5) is 24.2. The molecule has 0 spiro atoms. The van der Waals surface area contributed by atoms with Gasteiger partial charge in [-0.1, -0.05) is 38.1 Å². The van der Waals surface area contributed by atoms with Crippen LogP contribution in [0.2, 0.25) is 0 Å². The molecule has 2 rings (SSSR count). The zero-order chi connectivity index (χ0) is 20.5. The van der Waals surface area contributed by atoms with Gasteiger partial charge in [-0.2, -0.15) is 0 Å². The van der Waals surface area contributed by atoms with E-state index >= 15 is 0 Å². The van der Waals surface area contributed by atoms with Crippen LogP contribution in [0.3, 0.4) is 0 Å². The van der Waals surface area contributed by atoms with E-state index in [2.05, 4.69) is 13.8 Å². The fourth-order valence-corrected chi connectivity index (χ4v) is 2.63. The summed E-state index contributed by atoms with van der Waals surface area (Å²) >= 11 is 0. The Morgan fingerprint density at radius 1 is 1.04 bits per heavy atom. The first-order chi connectivity index (χ1) is 13.5. The van der Waals surface area contributed by atoms with E-state index in [9.17, 15) is 9.59 Å². The molecule has 0 heterocycles. The normalized spacial score (nSPS) is 11.9. The van der Waals surface area contributed by atoms with Crippen molar-refractivity contribution in [2.75, 3.05) is 20.8 Å². The van der Waals surface area contributed by atoms with Crippen LogP contribution in [0.5, 0.6) is 11.5 Å². The number of esters is 1. The van der Waals surface area contributed by atoms with Crippen LogP contribution in [0.15, 0.2) is 48.5 Å². The largest absolute Gasteiger partial charge is 0.497 e. The highest BCUT2D eigenvalue weighted by molar-refractivity contribution is 5.99. The van der Waals surface area contributed by atoms with Gasteiger partial charge in [0.2, 0.25) is 0 Å². The predicted molar refractivity (Wildman–Crippen MR) is 109 cm³/mol. The lowest BCUT2D eigenvalue weighted by Gasteiger charge is -2.09. The molecule has 0 aromatic heterocycles. The Bertz CT molecular complexity index is 837. The van der Waals surface area contributed by atoms with Gasteiger partial charge in [-0.3, -0.25) is 4.79 Å². The van der Waals surface area contributed by atoms with Gasteiger partial charge in [0, 0.05) is 17.2 Å². The van der Waals surface area contributed by atoms with Crippen molar-refractivity contribution in [3.05, 3.63) is 65.2 Å². The van der Waals surface area contributed by atoms with Crippen LogP contribution in [-0.2, 0) is 9.53 Å². The third kappa shape index (κ3) is 5.71. The van der Waals surface area contributed by atoms with Crippen molar-refractivity contribution in [3.63, 3.8) is 0 Å². The van der Waals surface area contributed by atoms with E-state index in [1.807, 2.05) is 12.1 Å². The van der Waals surface area contributed by atoms with E-state index < -0.39 is 5.97 Å². The molecule has 0 saturated heterocycles. The Morgan fingerprint density at radius 3 is 2.36 bits per heavy atom. The van der Waals surface area contributed by atoms with Gasteiger partial charge in [0.05, 0.1) is 14.2 Å². The number of methoxy groups -OCH3 is 2. The van der Waals surface area contributed by atoms with E-state index in [1.165, 1.54) is 11.6 Å². The van der Waals surface area contributed by atoms with Crippen LogP contribution in [0.4, 0.5) is 0 Å². The second-order valence-corrected chi connectivity index (χ2v) is 6.40. The van der Waals surface area contributed by atoms with Gasteiger partial charge in [0.15, 0.2) is 12.4 Å². The van der Waals surface area contributed by atoms with Gasteiger partial charge in [-0.05, 0) is 42.2 Å². The molecule has 28 heavy (non-hydrogen) atoms.